The van der Waals surface area contributed by atoms with E-state index in [9.17, 15) is 4.79 Å². The van der Waals surface area contributed by atoms with Gasteiger partial charge in [0.15, 0.2) is 0 Å². The minimum absolute atomic E-state index is 0.134. The van der Waals surface area contributed by atoms with E-state index in [1.165, 1.54) is 10.4 Å². The van der Waals surface area contributed by atoms with E-state index in [1.54, 1.807) is 23.7 Å². The largest absolute Gasteiger partial charge is 0.345 e. The number of likely N-dealkylation sites (N-methyl/N-ethyl adjacent to an activating group) is 1. The van der Waals surface area contributed by atoms with Crippen LogP contribution in [0.4, 0.5) is 0 Å². The van der Waals surface area contributed by atoms with Gasteiger partial charge in [-0.3, -0.25) is 9.78 Å². The second kappa shape index (κ2) is 8.97. The summed E-state index contributed by atoms with van der Waals surface area (Å²) < 4.78 is 0. The van der Waals surface area contributed by atoms with Gasteiger partial charge < -0.3 is 4.90 Å². The van der Waals surface area contributed by atoms with E-state index >= 15 is 0 Å². The van der Waals surface area contributed by atoms with Crippen LogP contribution in [-0.2, 0) is 17.6 Å². The molecule has 3 nitrogen and oxygen atoms in total. The van der Waals surface area contributed by atoms with Gasteiger partial charge in [-0.15, -0.1) is 11.3 Å². The van der Waals surface area contributed by atoms with Crippen LogP contribution in [0.15, 0.2) is 66.3 Å². The van der Waals surface area contributed by atoms with Crippen LogP contribution in [0.1, 0.15) is 21.9 Å². The topological polar surface area (TPSA) is 33.2 Å². The number of halogens is 1. The zero-order valence-electron chi connectivity index (χ0n) is 14.6. The smallest absolute Gasteiger partial charge is 0.230 e. The molecule has 0 saturated heterocycles. The molecule has 1 amide bonds. The zero-order valence-corrected chi connectivity index (χ0v) is 16.2. The Labute approximate surface area is 163 Å². The van der Waals surface area contributed by atoms with Crippen molar-refractivity contribution in [3.8, 4) is 0 Å². The van der Waals surface area contributed by atoms with Crippen LogP contribution >= 0.6 is 22.9 Å². The van der Waals surface area contributed by atoms with Gasteiger partial charge >= 0.3 is 0 Å². The van der Waals surface area contributed by atoms with E-state index < -0.39 is 0 Å². The molecule has 0 bridgehead atoms. The summed E-state index contributed by atoms with van der Waals surface area (Å²) in [5.74, 6) is -0.0665. The summed E-state index contributed by atoms with van der Waals surface area (Å²) in [6.07, 6.45) is 5.09. The number of aromatic nitrogens is 1. The lowest BCUT2D eigenvalue weighted by Gasteiger charge is -2.24. The lowest BCUT2D eigenvalue weighted by molar-refractivity contribution is -0.131. The molecule has 5 heteroatoms. The number of hydrogen-bond acceptors (Lipinski definition) is 3. The normalized spacial score (nSPS) is 11.9. The van der Waals surface area contributed by atoms with Crippen molar-refractivity contribution in [2.24, 2.45) is 0 Å². The molecule has 0 saturated carbocycles. The highest BCUT2D eigenvalue weighted by molar-refractivity contribution is 7.09. The van der Waals surface area contributed by atoms with Crippen LogP contribution in [-0.4, -0.2) is 29.4 Å². The summed E-state index contributed by atoms with van der Waals surface area (Å²) in [5, 5.41) is 2.73. The Balaban J connectivity index is 1.74. The fourth-order valence-corrected chi connectivity index (χ4v) is 3.77. The molecule has 1 aromatic carbocycles. The third-order valence-electron chi connectivity index (χ3n) is 4.42. The molecule has 0 N–H and O–H groups in total. The molecule has 0 aliphatic rings. The summed E-state index contributed by atoms with van der Waals surface area (Å²) in [5.41, 5.74) is 2.18. The van der Waals surface area contributed by atoms with E-state index in [1.807, 2.05) is 59.8 Å². The molecule has 2 aromatic heterocycles. The Kier molecular flexibility index (Phi) is 6.42. The summed E-state index contributed by atoms with van der Waals surface area (Å²) >= 11 is 7.71. The Hall–Kier alpha value is -2.17. The van der Waals surface area contributed by atoms with Gasteiger partial charge in [0.1, 0.15) is 0 Å². The van der Waals surface area contributed by atoms with Crippen LogP contribution in [0.25, 0.3) is 0 Å². The van der Waals surface area contributed by atoms with Crippen LogP contribution in [0.5, 0.6) is 0 Å². The molecule has 2 heterocycles. The molecule has 1 unspecified atom stereocenters. The van der Waals surface area contributed by atoms with E-state index in [4.69, 9.17) is 11.6 Å². The van der Waals surface area contributed by atoms with Crippen molar-refractivity contribution < 1.29 is 4.79 Å². The standard InChI is InChI=1S/C21H21ClN2OS/c1-24(13-10-16-8-11-23-12-9-16)21(25)20(15-19-3-2-14-26-19)17-4-6-18(22)7-5-17/h2-9,11-12,14,20H,10,13,15H2,1H3. The first-order chi connectivity index (χ1) is 12.6. The fraction of sp³-hybridized carbons (Fsp3) is 0.238. The van der Waals surface area contributed by atoms with Crippen molar-refractivity contribution in [1.29, 1.82) is 0 Å². The maximum Gasteiger partial charge on any atom is 0.230 e. The van der Waals surface area contributed by atoms with Crippen molar-refractivity contribution in [3.05, 3.63) is 87.3 Å². The Morgan fingerprint density at radius 2 is 1.88 bits per heavy atom. The SMILES string of the molecule is CN(CCc1ccncc1)C(=O)C(Cc1cccs1)c1ccc(Cl)cc1. The monoisotopic (exact) mass is 384 g/mol. The third kappa shape index (κ3) is 4.93. The maximum absolute atomic E-state index is 13.2. The van der Waals surface area contributed by atoms with Gasteiger partial charge in [0.05, 0.1) is 5.92 Å². The van der Waals surface area contributed by atoms with Crippen LogP contribution in [0, 0.1) is 0 Å². The van der Waals surface area contributed by atoms with Gasteiger partial charge in [0, 0.05) is 35.9 Å². The van der Waals surface area contributed by atoms with Gasteiger partial charge in [0.2, 0.25) is 5.91 Å². The summed E-state index contributed by atoms with van der Waals surface area (Å²) in [6.45, 7) is 0.678. The minimum Gasteiger partial charge on any atom is -0.345 e. The van der Waals surface area contributed by atoms with Crippen molar-refractivity contribution in [2.75, 3.05) is 13.6 Å². The molecule has 3 aromatic rings. The van der Waals surface area contributed by atoms with Gasteiger partial charge in [-0.2, -0.15) is 0 Å². The number of benzene rings is 1. The highest BCUT2D eigenvalue weighted by Crippen LogP contribution is 2.26. The molecular formula is C21H21ClN2OS. The number of amides is 1. The van der Waals surface area contributed by atoms with Gasteiger partial charge in [-0.1, -0.05) is 29.8 Å². The fourth-order valence-electron chi connectivity index (χ4n) is 2.90. The molecule has 1 atom stereocenters. The summed E-state index contributed by atoms with van der Waals surface area (Å²) in [6, 6.07) is 15.7. The van der Waals surface area contributed by atoms with Crippen molar-refractivity contribution in [2.45, 2.75) is 18.8 Å². The number of pyridine rings is 1. The molecule has 134 valence electrons. The van der Waals surface area contributed by atoms with Crippen LogP contribution in [0.2, 0.25) is 5.02 Å². The lowest BCUT2D eigenvalue weighted by atomic mass is 9.93. The molecule has 0 aliphatic carbocycles. The van der Waals surface area contributed by atoms with Crippen LogP contribution in [0.3, 0.4) is 0 Å². The first-order valence-electron chi connectivity index (χ1n) is 8.55. The summed E-state index contributed by atoms with van der Waals surface area (Å²) in [7, 11) is 1.88. The Morgan fingerprint density at radius 3 is 2.54 bits per heavy atom. The molecular weight excluding hydrogens is 364 g/mol. The number of rotatable bonds is 7. The average molecular weight is 385 g/mol. The number of carbonyl (C=O) groups is 1. The first-order valence-corrected chi connectivity index (χ1v) is 9.81. The van der Waals surface area contributed by atoms with Crippen LogP contribution < -0.4 is 0 Å². The van der Waals surface area contributed by atoms with E-state index in [0.29, 0.717) is 18.0 Å². The average Bonchev–Trinajstić information content (AvgIpc) is 3.18. The minimum atomic E-state index is -0.201. The lowest BCUT2D eigenvalue weighted by Crippen LogP contribution is -2.34. The maximum atomic E-state index is 13.2. The second-order valence-corrected chi connectivity index (χ2v) is 7.72. The van der Waals surface area contributed by atoms with Gasteiger partial charge in [0.25, 0.3) is 0 Å². The highest BCUT2D eigenvalue weighted by atomic mass is 35.5. The van der Waals surface area contributed by atoms with E-state index in [2.05, 4.69) is 11.1 Å². The number of carbonyl (C=O) groups excluding carboxylic acids is 1. The van der Waals surface area contributed by atoms with Crippen molar-refractivity contribution in [3.63, 3.8) is 0 Å². The molecule has 0 spiro atoms. The zero-order chi connectivity index (χ0) is 18.4. The quantitative estimate of drug-likeness (QED) is 0.584. The summed E-state index contributed by atoms with van der Waals surface area (Å²) in [4.78, 5) is 20.2. The van der Waals surface area contributed by atoms with E-state index in [0.717, 1.165) is 12.0 Å². The van der Waals surface area contributed by atoms with Crippen molar-refractivity contribution in [1.82, 2.24) is 9.88 Å². The highest BCUT2D eigenvalue weighted by Gasteiger charge is 2.24. The Morgan fingerprint density at radius 1 is 1.15 bits per heavy atom. The number of hydrogen-bond donors (Lipinski definition) is 0. The molecule has 26 heavy (non-hydrogen) atoms. The predicted octanol–water partition coefficient (Wildman–Crippen LogP) is 4.82. The molecule has 0 radical (unpaired) electrons. The van der Waals surface area contributed by atoms with Crippen molar-refractivity contribution >= 4 is 28.8 Å². The van der Waals surface area contributed by atoms with E-state index in [-0.39, 0.29) is 11.8 Å². The van der Waals surface area contributed by atoms with Gasteiger partial charge in [-0.25, -0.2) is 0 Å². The third-order valence-corrected chi connectivity index (χ3v) is 5.57. The molecule has 3 rings (SSSR count). The second-order valence-electron chi connectivity index (χ2n) is 6.25. The first kappa shape index (κ1) is 18.6. The molecule has 0 aliphatic heterocycles. The number of nitrogens with zero attached hydrogens (tertiary/aromatic N) is 2. The predicted molar refractivity (Wildman–Crippen MR) is 108 cm³/mol. The molecule has 0 fully saturated rings. The Bertz CT molecular complexity index is 819. The van der Waals surface area contributed by atoms with Gasteiger partial charge in [-0.05, 0) is 59.7 Å². The number of thiophene rings is 1.